The molecule has 1 heterocycles. The standard InChI is InChI=1S/C9H13N3O3/c13-8(3-1-2-4-9(14)15)12-7-5-10-11-6-7/h5-6H,1-4H2,(H,10,11)(H,12,13)(H,14,15). The maximum Gasteiger partial charge on any atom is 0.303 e. The summed E-state index contributed by atoms with van der Waals surface area (Å²) in [6, 6.07) is 0. The summed E-state index contributed by atoms with van der Waals surface area (Å²) in [6.45, 7) is 0. The van der Waals surface area contributed by atoms with Crippen molar-refractivity contribution < 1.29 is 14.7 Å². The zero-order chi connectivity index (χ0) is 11.1. The molecule has 0 aromatic carbocycles. The molecule has 1 amide bonds. The number of hydrogen-bond donors (Lipinski definition) is 3. The predicted octanol–water partition coefficient (Wildman–Crippen LogP) is 0.993. The maximum absolute atomic E-state index is 11.3. The normalized spacial score (nSPS) is 9.87. The van der Waals surface area contributed by atoms with Crippen LogP contribution in [-0.4, -0.2) is 27.2 Å². The van der Waals surface area contributed by atoms with Crippen LogP contribution in [0.4, 0.5) is 5.69 Å². The molecule has 1 rings (SSSR count). The van der Waals surface area contributed by atoms with E-state index < -0.39 is 5.97 Å². The lowest BCUT2D eigenvalue weighted by Crippen LogP contribution is -2.10. The smallest absolute Gasteiger partial charge is 0.303 e. The number of rotatable bonds is 6. The predicted molar refractivity (Wildman–Crippen MR) is 53.3 cm³/mol. The zero-order valence-corrected chi connectivity index (χ0v) is 8.19. The number of unbranched alkanes of at least 4 members (excludes halogenated alkanes) is 1. The fourth-order valence-electron chi connectivity index (χ4n) is 1.10. The largest absolute Gasteiger partial charge is 0.481 e. The average Bonchev–Trinajstić information content (AvgIpc) is 2.64. The van der Waals surface area contributed by atoms with E-state index in [1.54, 1.807) is 6.20 Å². The first-order valence-corrected chi connectivity index (χ1v) is 4.69. The van der Waals surface area contributed by atoms with Crippen molar-refractivity contribution in [1.82, 2.24) is 10.2 Å². The molecule has 0 aliphatic carbocycles. The Hall–Kier alpha value is -1.85. The number of nitrogens with one attached hydrogen (secondary N) is 2. The highest BCUT2D eigenvalue weighted by Gasteiger charge is 2.03. The first-order valence-electron chi connectivity index (χ1n) is 4.69. The number of carboxylic acids is 1. The molecule has 1 aromatic heterocycles. The van der Waals surface area contributed by atoms with Gasteiger partial charge in [0.1, 0.15) is 0 Å². The van der Waals surface area contributed by atoms with Gasteiger partial charge in [0.05, 0.1) is 11.9 Å². The van der Waals surface area contributed by atoms with E-state index in [2.05, 4.69) is 15.5 Å². The third-order valence-electron chi connectivity index (χ3n) is 1.83. The Bertz CT molecular complexity index is 321. The lowest BCUT2D eigenvalue weighted by atomic mass is 10.2. The summed E-state index contributed by atoms with van der Waals surface area (Å²) >= 11 is 0. The van der Waals surface area contributed by atoms with Gasteiger partial charge in [-0.05, 0) is 12.8 Å². The molecule has 0 radical (unpaired) electrons. The number of amides is 1. The van der Waals surface area contributed by atoms with Crippen molar-refractivity contribution in [2.45, 2.75) is 25.7 Å². The molecule has 0 aliphatic rings. The monoisotopic (exact) mass is 211 g/mol. The molecule has 0 aliphatic heterocycles. The molecule has 0 saturated carbocycles. The van der Waals surface area contributed by atoms with Crippen molar-refractivity contribution in [3.8, 4) is 0 Å². The average molecular weight is 211 g/mol. The Balaban J connectivity index is 2.11. The Morgan fingerprint density at radius 2 is 2.13 bits per heavy atom. The highest BCUT2D eigenvalue weighted by molar-refractivity contribution is 5.90. The molecule has 0 unspecified atom stereocenters. The lowest BCUT2D eigenvalue weighted by molar-refractivity contribution is -0.137. The van der Waals surface area contributed by atoms with Gasteiger partial charge in [0.15, 0.2) is 0 Å². The summed E-state index contributed by atoms with van der Waals surface area (Å²) in [5.74, 6) is -0.952. The molecule has 6 heteroatoms. The zero-order valence-electron chi connectivity index (χ0n) is 8.19. The highest BCUT2D eigenvalue weighted by Crippen LogP contribution is 2.05. The number of H-pyrrole nitrogens is 1. The quantitative estimate of drug-likeness (QED) is 0.611. The van der Waals surface area contributed by atoms with Crippen LogP contribution in [0.2, 0.25) is 0 Å². The van der Waals surface area contributed by atoms with E-state index in [9.17, 15) is 9.59 Å². The van der Waals surface area contributed by atoms with Crippen molar-refractivity contribution in [2.75, 3.05) is 5.32 Å². The minimum Gasteiger partial charge on any atom is -0.481 e. The SMILES string of the molecule is O=C(O)CCCCC(=O)Nc1cn[nH]c1. The number of anilines is 1. The summed E-state index contributed by atoms with van der Waals surface area (Å²) in [5, 5.41) is 17.3. The van der Waals surface area contributed by atoms with Gasteiger partial charge in [0, 0.05) is 19.0 Å². The van der Waals surface area contributed by atoms with Crippen molar-refractivity contribution in [3.05, 3.63) is 12.4 Å². The van der Waals surface area contributed by atoms with E-state index in [0.717, 1.165) is 0 Å². The second-order valence-corrected chi connectivity index (χ2v) is 3.14. The second kappa shape index (κ2) is 5.79. The van der Waals surface area contributed by atoms with E-state index in [1.807, 2.05) is 0 Å². The molecule has 1 aromatic rings. The minimum atomic E-state index is -0.828. The van der Waals surface area contributed by atoms with E-state index in [1.165, 1.54) is 6.20 Å². The number of nitrogens with zero attached hydrogens (tertiary/aromatic N) is 1. The molecule has 0 bridgehead atoms. The van der Waals surface area contributed by atoms with Gasteiger partial charge in [0.2, 0.25) is 5.91 Å². The van der Waals surface area contributed by atoms with E-state index in [-0.39, 0.29) is 12.3 Å². The van der Waals surface area contributed by atoms with Gasteiger partial charge in [-0.3, -0.25) is 14.7 Å². The Labute approximate surface area is 86.7 Å². The molecular weight excluding hydrogens is 198 g/mol. The van der Waals surface area contributed by atoms with E-state index in [4.69, 9.17) is 5.11 Å². The molecule has 3 N–H and O–H groups in total. The number of aromatic amines is 1. The van der Waals surface area contributed by atoms with Gasteiger partial charge in [0.25, 0.3) is 0 Å². The van der Waals surface area contributed by atoms with Crippen LogP contribution in [-0.2, 0) is 9.59 Å². The fourth-order valence-corrected chi connectivity index (χ4v) is 1.10. The topological polar surface area (TPSA) is 95.1 Å². The van der Waals surface area contributed by atoms with Gasteiger partial charge in [-0.15, -0.1) is 0 Å². The summed E-state index contributed by atoms with van der Waals surface area (Å²) < 4.78 is 0. The maximum atomic E-state index is 11.3. The lowest BCUT2D eigenvalue weighted by Gasteiger charge is -2.00. The van der Waals surface area contributed by atoms with Crippen molar-refractivity contribution in [1.29, 1.82) is 0 Å². The van der Waals surface area contributed by atoms with Crippen LogP contribution >= 0.6 is 0 Å². The van der Waals surface area contributed by atoms with Gasteiger partial charge < -0.3 is 10.4 Å². The molecule has 82 valence electrons. The number of aliphatic carboxylic acids is 1. The molecule has 0 saturated heterocycles. The summed E-state index contributed by atoms with van der Waals surface area (Å²) in [7, 11) is 0. The van der Waals surface area contributed by atoms with Crippen LogP contribution in [0.3, 0.4) is 0 Å². The number of carbonyl (C=O) groups excluding carboxylic acids is 1. The van der Waals surface area contributed by atoms with Gasteiger partial charge in [-0.25, -0.2) is 0 Å². The van der Waals surface area contributed by atoms with Crippen molar-refractivity contribution >= 4 is 17.6 Å². The number of carbonyl (C=O) groups is 2. The van der Waals surface area contributed by atoms with Crippen molar-refractivity contribution in [3.63, 3.8) is 0 Å². The molecular formula is C9H13N3O3. The van der Waals surface area contributed by atoms with Crippen LogP contribution in [0.25, 0.3) is 0 Å². The van der Waals surface area contributed by atoms with Crippen LogP contribution in [0, 0.1) is 0 Å². The van der Waals surface area contributed by atoms with Crippen LogP contribution < -0.4 is 5.32 Å². The molecule has 15 heavy (non-hydrogen) atoms. The highest BCUT2D eigenvalue weighted by atomic mass is 16.4. The third kappa shape index (κ3) is 4.80. The van der Waals surface area contributed by atoms with Crippen LogP contribution in [0.5, 0.6) is 0 Å². The Morgan fingerprint density at radius 1 is 1.40 bits per heavy atom. The van der Waals surface area contributed by atoms with Gasteiger partial charge >= 0.3 is 5.97 Å². The first-order chi connectivity index (χ1) is 7.18. The second-order valence-electron chi connectivity index (χ2n) is 3.14. The van der Waals surface area contributed by atoms with Crippen LogP contribution in [0.15, 0.2) is 12.4 Å². The van der Waals surface area contributed by atoms with Crippen LogP contribution in [0.1, 0.15) is 25.7 Å². The molecule has 0 spiro atoms. The summed E-state index contributed by atoms with van der Waals surface area (Å²) in [5.41, 5.74) is 0.623. The Morgan fingerprint density at radius 3 is 2.73 bits per heavy atom. The number of carboxylic acid groups (broad SMARTS) is 1. The summed E-state index contributed by atoms with van der Waals surface area (Å²) in [6.07, 6.45) is 4.63. The fraction of sp³-hybridized carbons (Fsp3) is 0.444. The van der Waals surface area contributed by atoms with Crippen molar-refractivity contribution in [2.24, 2.45) is 0 Å². The number of aromatic nitrogens is 2. The molecule has 0 atom stereocenters. The van der Waals surface area contributed by atoms with E-state index in [0.29, 0.717) is 24.9 Å². The molecule has 0 fully saturated rings. The Kier molecular flexibility index (Phi) is 4.33. The molecule has 6 nitrogen and oxygen atoms in total. The minimum absolute atomic E-state index is 0.110. The number of hydrogen-bond acceptors (Lipinski definition) is 3. The van der Waals surface area contributed by atoms with E-state index >= 15 is 0 Å². The van der Waals surface area contributed by atoms with Gasteiger partial charge in [-0.1, -0.05) is 0 Å². The third-order valence-corrected chi connectivity index (χ3v) is 1.83. The van der Waals surface area contributed by atoms with Gasteiger partial charge in [-0.2, -0.15) is 5.10 Å². The first kappa shape index (κ1) is 11.2. The summed E-state index contributed by atoms with van der Waals surface area (Å²) in [4.78, 5) is 21.4.